The summed E-state index contributed by atoms with van der Waals surface area (Å²) in [7, 11) is 0. The van der Waals surface area contributed by atoms with Gasteiger partial charge in [0.1, 0.15) is 0 Å². The molecule has 0 fully saturated rings. The van der Waals surface area contributed by atoms with Crippen LogP contribution in [0, 0.1) is 0 Å². The first kappa shape index (κ1) is 19.1. The molecule has 4 nitrogen and oxygen atoms in total. The van der Waals surface area contributed by atoms with Crippen LogP contribution >= 0.6 is 11.8 Å². The Kier molecular flexibility index (Phi) is 6.16. The summed E-state index contributed by atoms with van der Waals surface area (Å²) in [5, 5.41) is 36.4. The van der Waals surface area contributed by atoms with E-state index in [-0.39, 0.29) is 19.8 Å². The molecule has 0 amide bonds. The van der Waals surface area contributed by atoms with Crippen molar-refractivity contribution in [1.29, 1.82) is 0 Å². The van der Waals surface area contributed by atoms with Crippen LogP contribution in [0.2, 0.25) is 0 Å². The molecule has 3 rings (SSSR count). The van der Waals surface area contributed by atoms with Crippen LogP contribution in [0.15, 0.2) is 53.4 Å². The third kappa shape index (κ3) is 3.72. The molecule has 0 bridgehead atoms. The summed E-state index contributed by atoms with van der Waals surface area (Å²) in [6, 6.07) is 16.6. The average Bonchev–Trinajstić information content (AvgIpc) is 2.70. The molecule has 0 spiro atoms. The smallest absolute Gasteiger partial charge is 0.0633 e. The lowest BCUT2D eigenvalue weighted by Crippen LogP contribution is -2.48. The van der Waals surface area contributed by atoms with E-state index in [0.717, 1.165) is 27.1 Å². The standard InChI is InChI=1S/C21H25NO3S/c1-21(13-24,14-25)22-12-19-15-6-2-4-8-17(15)20(26-11-10-23)18-9-5-3-7-16(18)19/h2-9,22-25H,10-14H2,1H3. The molecular weight excluding hydrogens is 346 g/mol. The fraction of sp³-hybridized carbons (Fsp3) is 0.333. The van der Waals surface area contributed by atoms with Gasteiger partial charge >= 0.3 is 0 Å². The van der Waals surface area contributed by atoms with Crippen molar-refractivity contribution in [2.24, 2.45) is 0 Å². The maximum absolute atomic E-state index is 9.58. The summed E-state index contributed by atoms with van der Waals surface area (Å²) in [5.41, 5.74) is 0.421. The fourth-order valence-corrected chi connectivity index (χ4v) is 4.10. The molecule has 3 aromatic rings. The quantitative estimate of drug-likeness (QED) is 0.362. The van der Waals surface area contributed by atoms with Crippen LogP contribution in [-0.4, -0.2) is 46.4 Å². The summed E-state index contributed by atoms with van der Waals surface area (Å²) in [6.45, 7) is 2.22. The summed E-state index contributed by atoms with van der Waals surface area (Å²) in [6.07, 6.45) is 0. The zero-order valence-electron chi connectivity index (χ0n) is 14.9. The Labute approximate surface area is 157 Å². The fourth-order valence-electron chi connectivity index (χ4n) is 3.14. The van der Waals surface area contributed by atoms with Crippen LogP contribution in [0.4, 0.5) is 0 Å². The van der Waals surface area contributed by atoms with Crippen molar-refractivity contribution in [1.82, 2.24) is 5.32 Å². The summed E-state index contributed by atoms with van der Waals surface area (Å²) < 4.78 is 0. The van der Waals surface area contributed by atoms with Crippen molar-refractivity contribution in [2.75, 3.05) is 25.6 Å². The molecular formula is C21H25NO3S. The van der Waals surface area contributed by atoms with Crippen LogP contribution in [0.1, 0.15) is 12.5 Å². The number of fused-ring (bicyclic) bond motifs is 2. The highest BCUT2D eigenvalue weighted by Gasteiger charge is 2.22. The third-order valence-corrected chi connectivity index (χ3v) is 5.84. The van der Waals surface area contributed by atoms with Crippen molar-refractivity contribution in [2.45, 2.75) is 23.9 Å². The van der Waals surface area contributed by atoms with Gasteiger partial charge in [-0.1, -0.05) is 48.5 Å². The summed E-state index contributed by atoms with van der Waals surface area (Å²) in [5.74, 6) is 0.651. The Bertz CT molecular complexity index is 836. The van der Waals surface area contributed by atoms with E-state index in [1.807, 2.05) is 31.2 Å². The highest BCUT2D eigenvalue weighted by Crippen LogP contribution is 2.38. The Morgan fingerprint density at radius 2 is 1.35 bits per heavy atom. The number of hydrogen-bond donors (Lipinski definition) is 4. The number of hydrogen-bond acceptors (Lipinski definition) is 5. The maximum atomic E-state index is 9.58. The molecule has 0 atom stereocenters. The molecule has 4 N–H and O–H groups in total. The van der Waals surface area contributed by atoms with Gasteiger partial charge in [0.15, 0.2) is 0 Å². The van der Waals surface area contributed by atoms with Crippen molar-refractivity contribution in [3.63, 3.8) is 0 Å². The van der Waals surface area contributed by atoms with Gasteiger partial charge in [0.25, 0.3) is 0 Å². The van der Waals surface area contributed by atoms with Crippen LogP contribution in [0.5, 0.6) is 0 Å². The van der Waals surface area contributed by atoms with E-state index in [9.17, 15) is 15.3 Å². The molecule has 5 heteroatoms. The zero-order valence-corrected chi connectivity index (χ0v) is 15.7. The predicted molar refractivity (Wildman–Crippen MR) is 109 cm³/mol. The molecule has 138 valence electrons. The Hall–Kier alpha value is -1.63. The third-order valence-electron chi connectivity index (χ3n) is 4.72. The highest BCUT2D eigenvalue weighted by atomic mass is 32.2. The number of thioether (sulfide) groups is 1. The monoisotopic (exact) mass is 371 g/mol. The van der Waals surface area contributed by atoms with Crippen LogP contribution < -0.4 is 5.32 Å². The molecule has 26 heavy (non-hydrogen) atoms. The second-order valence-electron chi connectivity index (χ2n) is 6.70. The first-order chi connectivity index (χ1) is 12.6. The van der Waals surface area contributed by atoms with Crippen LogP contribution in [-0.2, 0) is 6.54 Å². The van der Waals surface area contributed by atoms with E-state index in [1.165, 1.54) is 4.90 Å². The molecule has 0 aliphatic rings. The first-order valence-corrected chi connectivity index (χ1v) is 9.75. The van der Waals surface area contributed by atoms with E-state index in [1.54, 1.807) is 11.8 Å². The van der Waals surface area contributed by atoms with E-state index in [2.05, 4.69) is 29.6 Å². The lowest BCUT2D eigenvalue weighted by molar-refractivity contribution is 0.103. The van der Waals surface area contributed by atoms with Gasteiger partial charge in [-0.15, -0.1) is 11.8 Å². The second kappa shape index (κ2) is 8.37. The van der Waals surface area contributed by atoms with Gasteiger partial charge < -0.3 is 20.6 Å². The number of rotatable bonds is 8. The minimum atomic E-state index is -0.730. The molecule has 0 heterocycles. The number of benzene rings is 3. The van der Waals surface area contributed by atoms with Crippen molar-refractivity contribution in [3.05, 3.63) is 54.1 Å². The van der Waals surface area contributed by atoms with Gasteiger partial charge in [0.2, 0.25) is 0 Å². The molecule has 0 saturated carbocycles. The second-order valence-corrected chi connectivity index (χ2v) is 7.81. The molecule has 0 radical (unpaired) electrons. The minimum Gasteiger partial charge on any atom is -0.396 e. The highest BCUT2D eigenvalue weighted by molar-refractivity contribution is 7.99. The maximum Gasteiger partial charge on any atom is 0.0633 e. The molecule has 3 aromatic carbocycles. The Balaban J connectivity index is 2.18. The van der Waals surface area contributed by atoms with Crippen molar-refractivity contribution < 1.29 is 15.3 Å². The minimum absolute atomic E-state index is 0.135. The molecule has 0 aliphatic carbocycles. The van der Waals surface area contributed by atoms with Gasteiger partial charge in [0, 0.05) is 17.2 Å². The first-order valence-electron chi connectivity index (χ1n) is 8.76. The molecule has 0 aliphatic heterocycles. The van der Waals surface area contributed by atoms with Gasteiger partial charge in [-0.25, -0.2) is 0 Å². The number of nitrogens with one attached hydrogen (secondary N) is 1. The molecule has 0 saturated heterocycles. The molecule has 0 aromatic heterocycles. The van der Waals surface area contributed by atoms with E-state index in [4.69, 9.17) is 0 Å². The van der Waals surface area contributed by atoms with Crippen LogP contribution in [0.25, 0.3) is 21.5 Å². The summed E-state index contributed by atoms with van der Waals surface area (Å²) in [4.78, 5) is 1.18. The zero-order chi connectivity index (χ0) is 18.6. The average molecular weight is 372 g/mol. The van der Waals surface area contributed by atoms with Gasteiger partial charge in [-0.05, 0) is 34.0 Å². The van der Waals surface area contributed by atoms with E-state index >= 15 is 0 Å². The van der Waals surface area contributed by atoms with E-state index in [0.29, 0.717) is 12.3 Å². The summed E-state index contributed by atoms with van der Waals surface area (Å²) >= 11 is 1.67. The van der Waals surface area contributed by atoms with Gasteiger partial charge in [0.05, 0.1) is 25.4 Å². The normalized spacial score (nSPS) is 12.2. The SMILES string of the molecule is CC(CO)(CO)NCc1c2ccccc2c(SCCO)c2ccccc12. The van der Waals surface area contributed by atoms with Crippen molar-refractivity contribution >= 4 is 33.3 Å². The van der Waals surface area contributed by atoms with Crippen molar-refractivity contribution in [3.8, 4) is 0 Å². The van der Waals surface area contributed by atoms with E-state index < -0.39 is 5.54 Å². The number of aliphatic hydroxyl groups is 3. The van der Waals surface area contributed by atoms with Crippen LogP contribution in [0.3, 0.4) is 0 Å². The lowest BCUT2D eigenvalue weighted by atomic mass is 9.95. The molecule has 0 unspecified atom stereocenters. The Morgan fingerprint density at radius 3 is 1.81 bits per heavy atom. The largest absolute Gasteiger partial charge is 0.396 e. The van der Waals surface area contributed by atoms with Gasteiger partial charge in [-0.2, -0.15) is 0 Å². The lowest BCUT2D eigenvalue weighted by Gasteiger charge is -2.27. The van der Waals surface area contributed by atoms with Gasteiger partial charge in [-0.3, -0.25) is 0 Å². The topological polar surface area (TPSA) is 72.7 Å². The number of aliphatic hydroxyl groups excluding tert-OH is 3. The predicted octanol–water partition coefficient (Wildman–Crippen LogP) is 2.91. The Morgan fingerprint density at radius 1 is 0.846 bits per heavy atom.